The third-order valence-electron chi connectivity index (χ3n) is 4.44. The van der Waals surface area contributed by atoms with E-state index in [1.165, 1.54) is 11.3 Å². The van der Waals surface area contributed by atoms with Crippen molar-refractivity contribution in [1.82, 2.24) is 4.90 Å². The average Bonchev–Trinajstić information content (AvgIpc) is 2.51. The maximum Gasteiger partial charge on any atom is 0.0460 e. The van der Waals surface area contributed by atoms with Gasteiger partial charge in [-0.05, 0) is 63.4 Å². The van der Waals surface area contributed by atoms with E-state index in [1.54, 1.807) is 0 Å². The van der Waals surface area contributed by atoms with Crippen molar-refractivity contribution in [3.63, 3.8) is 0 Å². The molecule has 2 rings (SSSR count). The molecule has 0 unspecified atom stereocenters. The van der Waals surface area contributed by atoms with E-state index in [9.17, 15) is 5.11 Å². The molecule has 3 heteroatoms. The molecule has 0 bridgehead atoms. The zero-order valence-electron chi connectivity index (χ0n) is 12.9. The van der Waals surface area contributed by atoms with Gasteiger partial charge in [0.05, 0.1) is 0 Å². The van der Waals surface area contributed by atoms with Gasteiger partial charge in [-0.1, -0.05) is 12.1 Å². The summed E-state index contributed by atoms with van der Waals surface area (Å²) in [6, 6.07) is 8.99. The lowest BCUT2D eigenvalue weighted by Gasteiger charge is -2.31. The molecule has 1 fully saturated rings. The minimum atomic E-state index is 0.354. The van der Waals surface area contributed by atoms with E-state index in [0.29, 0.717) is 12.5 Å². The molecule has 20 heavy (non-hydrogen) atoms. The van der Waals surface area contributed by atoms with Crippen LogP contribution in [0.25, 0.3) is 0 Å². The minimum absolute atomic E-state index is 0.354. The molecule has 1 aromatic carbocycles. The Balaban J connectivity index is 1.88. The van der Waals surface area contributed by atoms with Gasteiger partial charge in [0.25, 0.3) is 0 Å². The first-order valence-corrected chi connectivity index (χ1v) is 7.93. The molecule has 1 aliphatic heterocycles. The van der Waals surface area contributed by atoms with E-state index in [2.05, 4.69) is 47.9 Å². The highest BCUT2D eigenvalue weighted by molar-refractivity contribution is 5.47. The summed E-state index contributed by atoms with van der Waals surface area (Å²) < 4.78 is 0. The number of nitrogens with zero attached hydrogens (tertiary/aromatic N) is 2. The van der Waals surface area contributed by atoms with Crippen LogP contribution in [0.5, 0.6) is 0 Å². The molecule has 0 spiro atoms. The van der Waals surface area contributed by atoms with Gasteiger partial charge in [0, 0.05) is 31.9 Å². The fraction of sp³-hybridized carbons (Fsp3) is 0.647. The zero-order chi connectivity index (χ0) is 14.4. The average molecular weight is 276 g/mol. The number of rotatable bonds is 6. The first kappa shape index (κ1) is 15.3. The molecule has 0 radical (unpaired) electrons. The molecule has 1 aromatic rings. The van der Waals surface area contributed by atoms with E-state index in [4.69, 9.17) is 0 Å². The van der Waals surface area contributed by atoms with E-state index < -0.39 is 0 Å². The third-order valence-corrected chi connectivity index (χ3v) is 4.44. The molecule has 0 saturated carbocycles. The Labute approximate surface area is 123 Å². The molecule has 112 valence electrons. The Morgan fingerprint density at radius 2 is 1.70 bits per heavy atom. The molecular weight excluding hydrogens is 248 g/mol. The molecule has 0 aromatic heterocycles. The van der Waals surface area contributed by atoms with Crippen molar-refractivity contribution >= 4 is 5.69 Å². The SMILES string of the molecule is CCN(CC)c1ccc(CN2CCC(CO)CC2)cc1. The molecular formula is C17H28N2O. The molecule has 1 aliphatic rings. The molecule has 3 nitrogen and oxygen atoms in total. The molecule has 1 N–H and O–H groups in total. The van der Waals surface area contributed by atoms with Gasteiger partial charge >= 0.3 is 0 Å². The van der Waals surface area contributed by atoms with E-state index in [-0.39, 0.29) is 0 Å². The quantitative estimate of drug-likeness (QED) is 0.865. The summed E-state index contributed by atoms with van der Waals surface area (Å²) in [6.07, 6.45) is 2.27. The van der Waals surface area contributed by atoms with Crippen LogP contribution >= 0.6 is 0 Å². The smallest absolute Gasteiger partial charge is 0.0460 e. The van der Waals surface area contributed by atoms with Crippen molar-refractivity contribution in [3.8, 4) is 0 Å². The second kappa shape index (κ2) is 7.65. The number of benzene rings is 1. The lowest BCUT2D eigenvalue weighted by Crippen LogP contribution is -2.34. The number of aliphatic hydroxyl groups is 1. The van der Waals surface area contributed by atoms with Crippen molar-refractivity contribution in [3.05, 3.63) is 29.8 Å². The Morgan fingerprint density at radius 3 is 2.20 bits per heavy atom. The standard InChI is InChI=1S/C17H28N2O/c1-3-19(4-2)17-7-5-15(6-8-17)13-18-11-9-16(14-20)10-12-18/h5-8,16,20H,3-4,9-14H2,1-2H3. The van der Waals surface area contributed by atoms with Crippen molar-refractivity contribution < 1.29 is 5.11 Å². The fourth-order valence-corrected chi connectivity index (χ4v) is 2.99. The Morgan fingerprint density at radius 1 is 1.10 bits per heavy atom. The first-order chi connectivity index (χ1) is 9.76. The Hall–Kier alpha value is -1.06. The molecule has 0 aliphatic carbocycles. The summed E-state index contributed by atoms with van der Waals surface area (Å²) in [5.74, 6) is 0.524. The van der Waals surface area contributed by atoms with Gasteiger partial charge in [-0.3, -0.25) is 4.90 Å². The highest BCUT2D eigenvalue weighted by atomic mass is 16.3. The highest BCUT2D eigenvalue weighted by Gasteiger charge is 2.18. The predicted molar refractivity (Wildman–Crippen MR) is 85.1 cm³/mol. The largest absolute Gasteiger partial charge is 0.396 e. The maximum atomic E-state index is 9.17. The van der Waals surface area contributed by atoms with Crippen LogP contribution in [0, 0.1) is 5.92 Å². The van der Waals surface area contributed by atoms with Crippen LogP contribution in [0.2, 0.25) is 0 Å². The molecule has 0 atom stereocenters. The lowest BCUT2D eigenvalue weighted by atomic mass is 9.97. The van der Waals surface area contributed by atoms with E-state index >= 15 is 0 Å². The minimum Gasteiger partial charge on any atom is -0.396 e. The maximum absolute atomic E-state index is 9.17. The zero-order valence-corrected chi connectivity index (χ0v) is 12.9. The number of anilines is 1. The van der Waals surface area contributed by atoms with Gasteiger partial charge in [-0.25, -0.2) is 0 Å². The van der Waals surface area contributed by atoms with Crippen LogP contribution in [0.4, 0.5) is 5.69 Å². The van der Waals surface area contributed by atoms with Gasteiger partial charge in [0.2, 0.25) is 0 Å². The van der Waals surface area contributed by atoms with Crippen molar-refractivity contribution in [1.29, 1.82) is 0 Å². The van der Waals surface area contributed by atoms with E-state index in [1.807, 2.05) is 0 Å². The summed E-state index contributed by atoms with van der Waals surface area (Å²) in [4.78, 5) is 4.87. The summed E-state index contributed by atoms with van der Waals surface area (Å²) >= 11 is 0. The normalized spacial score (nSPS) is 17.4. The highest BCUT2D eigenvalue weighted by Crippen LogP contribution is 2.20. The second-order valence-electron chi connectivity index (χ2n) is 5.74. The summed E-state index contributed by atoms with van der Waals surface area (Å²) in [6.45, 7) is 10.1. The predicted octanol–water partition coefficient (Wildman–Crippen LogP) is 2.74. The number of hydrogen-bond donors (Lipinski definition) is 1. The monoisotopic (exact) mass is 276 g/mol. The number of hydrogen-bond acceptors (Lipinski definition) is 3. The van der Waals surface area contributed by atoms with Crippen molar-refractivity contribution in [2.75, 3.05) is 37.7 Å². The first-order valence-electron chi connectivity index (χ1n) is 7.93. The van der Waals surface area contributed by atoms with Gasteiger partial charge < -0.3 is 10.0 Å². The second-order valence-corrected chi connectivity index (χ2v) is 5.74. The van der Waals surface area contributed by atoms with Crippen molar-refractivity contribution in [2.24, 2.45) is 5.92 Å². The molecule has 1 heterocycles. The summed E-state index contributed by atoms with van der Waals surface area (Å²) in [5, 5.41) is 9.17. The summed E-state index contributed by atoms with van der Waals surface area (Å²) in [5.41, 5.74) is 2.71. The number of aliphatic hydroxyl groups excluding tert-OH is 1. The van der Waals surface area contributed by atoms with Crippen LogP contribution in [-0.4, -0.2) is 42.8 Å². The fourth-order valence-electron chi connectivity index (χ4n) is 2.99. The van der Waals surface area contributed by atoms with Gasteiger partial charge in [-0.2, -0.15) is 0 Å². The van der Waals surface area contributed by atoms with Crippen LogP contribution in [0.15, 0.2) is 24.3 Å². The van der Waals surface area contributed by atoms with Crippen LogP contribution in [-0.2, 0) is 6.54 Å². The number of likely N-dealkylation sites (tertiary alicyclic amines) is 1. The van der Waals surface area contributed by atoms with Crippen molar-refractivity contribution in [2.45, 2.75) is 33.2 Å². The number of piperidine rings is 1. The lowest BCUT2D eigenvalue weighted by molar-refractivity contribution is 0.127. The van der Waals surface area contributed by atoms with E-state index in [0.717, 1.165) is 45.6 Å². The Kier molecular flexibility index (Phi) is 5.86. The Bertz CT molecular complexity index is 378. The van der Waals surface area contributed by atoms with Gasteiger partial charge in [-0.15, -0.1) is 0 Å². The van der Waals surface area contributed by atoms with Crippen LogP contribution < -0.4 is 4.90 Å². The van der Waals surface area contributed by atoms with Crippen LogP contribution in [0.3, 0.4) is 0 Å². The van der Waals surface area contributed by atoms with Gasteiger partial charge in [0.15, 0.2) is 0 Å². The van der Waals surface area contributed by atoms with Crippen LogP contribution in [0.1, 0.15) is 32.3 Å². The topological polar surface area (TPSA) is 26.7 Å². The molecule has 0 amide bonds. The molecule has 1 saturated heterocycles. The van der Waals surface area contributed by atoms with Gasteiger partial charge in [0.1, 0.15) is 0 Å². The third kappa shape index (κ3) is 3.97. The summed E-state index contributed by atoms with van der Waals surface area (Å²) in [7, 11) is 0.